The van der Waals surface area contributed by atoms with Crippen LogP contribution < -0.4 is 5.32 Å². The summed E-state index contributed by atoms with van der Waals surface area (Å²) in [5, 5.41) is 5.15. The van der Waals surface area contributed by atoms with E-state index in [0.29, 0.717) is 6.42 Å². The summed E-state index contributed by atoms with van der Waals surface area (Å²) in [6, 6.07) is 10.7. The van der Waals surface area contributed by atoms with Crippen LogP contribution in [0.25, 0.3) is 4.96 Å². The first-order chi connectivity index (χ1) is 11.8. The van der Waals surface area contributed by atoms with Gasteiger partial charge in [0.15, 0.2) is 4.96 Å². The summed E-state index contributed by atoms with van der Waals surface area (Å²) in [7, 11) is 0. The molecule has 1 aliphatic heterocycles. The number of carbonyl (C=O) groups is 1. The van der Waals surface area contributed by atoms with Gasteiger partial charge in [-0.3, -0.25) is 14.1 Å². The van der Waals surface area contributed by atoms with Crippen molar-refractivity contribution in [2.75, 3.05) is 13.1 Å². The molecule has 124 valence electrons. The summed E-state index contributed by atoms with van der Waals surface area (Å²) >= 11 is 1.58. The van der Waals surface area contributed by atoms with Crippen molar-refractivity contribution in [2.24, 2.45) is 0 Å². The van der Waals surface area contributed by atoms with Gasteiger partial charge in [-0.2, -0.15) is 0 Å². The Balaban J connectivity index is 1.28. The van der Waals surface area contributed by atoms with Gasteiger partial charge < -0.3 is 5.32 Å². The van der Waals surface area contributed by atoms with Gasteiger partial charge in [-0.05, 0) is 12.0 Å². The molecule has 3 heterocycles. The molecular weight excluding hydrogens is 320 g/mol. The van der Waals surface area contributed by atoms with Crippen molar-refractivity contribution in [3.8, 4) is 0 Å². The molecule has 1 atom stereocenters. The number of nitrogens with zero attached hydrogens (tertiary/aromatic N) is 3. The lowest BCUT2D eigenvalue weighted by atomic mass is 10.2. The van der Waals surface area contributed by atoms with Crippen molar-refractivity contribution < 1.29 is 4.79 Å². The lowest BCUT2D eigenvalue weighted by Crippen LogP contribution is -2.37. The summed E-state index contributed by atoms with van der Waals surface area (Å²) in [5.41, 5.74) is 2.15. The van der Waals surface area contributed by atoms with E-state index in [1.807, 2.05) is 28.2 Å². The predicted molar refractivity (Wildman–Crippen MR) is 95.0 cm³/mol. The van der Waals surface area contributed by atoms with Crippen molar-refractivity contribution in [1.29, 1.82) is 0 Å². The van der Waals surface area contributed by atoms with Gasteiger partial charge in [0.25, 0.3) is 0 Å². The molecule has 1 saturated heterocycles. The van der Waals surface area contributed by atoms with E-state index in [9.17, 15) is 4.79 Å². The quantitative estimate of drug-likeness (QED) is 0.775. The third-order valence-corrected chi connectivity index (χ3v) is 5.14. The maximum atomic E-state index is 12.3. The number of rotatable bonds is 5. The number of nitrogens with one attached hydrogen (secondary N) is 1. The molecule has 4 rings (SSSR count). The number of aromatic nitrogens is 2. The predicted octanol–water partition coefficient (Wildman–Crippen LogP) is 2.33. The molecule has 1 aliphatic rings. The molecule has 1 amide bonds. The van der Waals surface area contributed by atoms with E-state index in [1.165, 1.54) is 5.56 Å². The molecule has 24 heavy (non-hydrogen) atoms. The fourth-order valence-electron chi connectivity index (χ4n) is 3.24. The van der Waals surface area contributed by atoms with Crippen molar-refractivity contribution >= 4 is 22.2 Å². The second-order valence-corrected chi connectivity index (χ2v) is 7.15. The highest BCUT2D eigenvalue weighted by molar-refractivity contribution is 7.15. The largest absolute Gasteiger partial charge is 0.352 e. The number of imidazole rings is 1. The van der Waals surface area contributed by atoms with E-state index in [0.717, 1.165) is 36.7 Å². The average molecular weight is 340 g/mol. The van der Waals surface area contributed by atoms with Crippen molar-refractivity contribution in [1.82, 2.24) is 19.6 Å². The Morgan fingerprint density at radius 1 is 1.33 bits per heavy atom. The minimum Gasteiger partial charge on any atom is -0.352 e. The van der Waals surface area contributed by atoms with E-state index in [-0.39, 0.29) is 11.9 Å². The molecule has 0 aliphatic carbocycles. The van der Waals surface area contributed by atoms with Crippen LogP contribution in [-0.4, -0.2) is 39.3 Å². The minimum absolute atomic E-state index is 0.0623. The molecule has 3 aromatic rings. The average Bonchev–Trinajstić information content (AvgIpc) is 3.25. The fraction of sp³-hybridized carbons (Fsp3) is 0.333. The Bertz CT molecular complexity index is 797. The summed E-state index contributed by atoms with van der Waals surface area (Å²) in [5.74, 6) is 0.0623. The zero-order chi connectivity index (χ0) is 16.4. The van der Waals surface area contributed by atoms with Crippen LogP contribution in [0.4, 0.5) is 0 Å². The highest BCUT2D eigenvalue weighted by Gasteiger charge is 2.24. The second kappa shape index (κ2) is 6.75. The summed E-state index contributed by atoms with van der Waals surface area (Å²) in [4.78, 5) is 20.1. The molecular formula is C18H20N4OS. The van der Waals surface area contributed by atoms with Crippen LogP contribution in [0, 0.1) is 0 Å². The zero-order valence-corrected chi connectivity index (χ0v) is 14.2. The normalized spacial score (nSPS) is 18.2. The van der Waals surface area contributed by atoms with E-state index in [4.69, 9.17) is 0 Å². The first-order valence-electron chi connectivity index (χ1n) is 8.23. The topological polar surface area (TPSA) is 49.6 Å². The van der Waals surface area contributed by atoms with Crippen molar-refractivity contribution in [3.05, 3.63) is 59.4 Å². The third kappa shape index (κ3) is 3.49. The first kappa shape index (κ1) is 15.4. The van der Waals surface area contributed by atoms with E-state index in [2.05, 4.69) is 39.5 Å². The Kier molecular flexibility index (Phi) is 4.32. The number of likely N-dealkylation sites (tertiary alicyclic amines) is 1. The number of amides is 1. The molecule has 1 aromatic carbocycles. The summed E-state index contributed by atoms with van der Waals surface area (Å²) < 4.78 is 1.96. The number of benzene rings is 1. The van der Waals surface area contributed by atoms with E-state index < -0.39 is 0 Å². The molecule has 6 heteroatoms. The minimum atomic E-state index is 0.0623. The first-order valence-corrected chi connectivity index (χ1v) is 9.11. The zero-order valence-electron chi connectivity index (χ0n) is 13.4. The van der Waals surface area contributed by atoms with Gasteiger partial charge in [0, 0.05) is 43.4 Å². The van der Waals surface area contributed by atoms with Crippen LogP contribution >= 0.6 is 11.3 Å². The Hall–Kier alpha value is -2.18. The van der Waals surface area contributed by atoms with Crippen molar-refractivity contribution in [3.63, 3.8) is 0 Å². The molecule has 1 fully saturated rings. The highest BCUT2D eigenvalue weighted by atomic mass is 32.1. The Morgan fingerprint density at radius 3 is 3.04 bits per heavy atom. The summed E-state index contributed by atoms with van der Waals surface area (Å²) in [6.07, 6.45) is 5.26. The third-order valence-electron chi connectivity index (χ3n) is 4.37. The number of hydrogen-bond donors (Lipinski definition) is 1. The summed E-state index contributed by atoms with van der Waals surface area (Å²) in [6.45, 7) is 2.89. The van der Waals surface area contributed by atoms with Gasteiger partial charge >= 0.3 is 0 Å². The second-order valence-electron chi connectivity index (χ2n) is 6.28. The van der Waals surface area contributed by atoms with Crippen LogP contribution in [-0.2, 0) is 17.8 Å². The Morgan fingerprint density at radius 2 is 2.21 bits per heavy atom. The molecule has 0 saturated carbocycles. The lowest BCUT2D eigenvalue weighted by Gasteiger charge is -2.16. The SMILES string of the molecule is O=C(Cc1cn2ccsc2n1)N[C@@H]1CCN(Cc2ccccc2)C1. The van der Waals surface area contributed by atoms with Gasteiger partial charge in [0.1, 0.15) is 0 Å². The molecule has 0 radical (unpaired) electrons. The maximum Gasteiger partial charge on any atom is 0.226 e. The van der Waals surface area contributed by atoms with Gasteiger partial charge in [-0.25, -0.2) is 4.98 Å². The van der Waals surface area contributed by atoms with Gasteiger partial charge in [-0.15, -0.1) is 11.3 Å². The van der Waals surface area contributed by atoms with Crippen molar-refractivity contribution in [2.45, 2.75) is 25.4 Å². The molecule has 5 nitrogen and oxygen atoms in total. The molecule has 0 bridgehead atoms. The van der Waals surface area contributed by atoms with Crippen LogP contribution in [0.2, 0.25) is 0 Å². The lowest BCUT2D eigenvalue weighted by molar-refractivity contribution is -0.121. The van der Waals surface area contributed by atoms with Crippen LogP contribution in [0.5, 0.6) is 0 Å². The van der Waals surface area contributed by atoms with Gasteiger partial charge in [0.2, 0.25) is 5.91 Å². The molecule has 2 aromatic heterocycles. The number of fused-ring (bicyclic) bond motifs is 1. The standard InChI is InChI=1S/C18H20N4OS/c23-17(10-16-13-22-8-9-24-18(22)20-16)19-15-6-7-21(12-15)11-14-4-2-1-3-5-14/h1-5,8-9,13,15H,6-7,10-12H2,(H,19,23)/t15-/m1/s1. The van der Waals surface area contributed by atoms with E-state index >= 15 is 0 Å². The number of carbonyl (C=O) groups excluding carboxylic acids is 1. The molecule has 0 unspecified atom stereocenters. The number of thiazole rings is 1. The number of hydrogen-bond acceptors (Lipinski definition) is 4. The smallest absolute Gasteiger partial charge is 0.226 e. The van der Waals surface area contributed by atoms with Crippen LogP contribution in [0.1, 0.15) is 17.7 Å². The monoisotopic (exact) mass is 340 g/mol. The van der Waals surface area contributed by atoms with Crippen LogP contribution in [0.3, 0.4) is 0 Å². The van der Waals surface area contributed by atoms with E-state index in [1.54, 1.807) is 11.3 Å². The van der Waals surface area contributed by atoms with Gasteiger partial charge in [0.05, 0.1) is 12.1 Å². The Labute approximate surface area is 144 Å². The highest BCUT2D eigenvalue weighted by Crippen LogP contribution is 2.14. The van der Waals surface area contributed by atoms with Gasteiger partial charge in [-0.1, -0.05) is 30.3 Å². The molecule has 0 spiro atoms. The fourth-order valence-corrected chi connectivity index (χ4v) is 3.96. The maximum absolute atomic E-state index is 12.3. The van der Waals surface area contributed by atoms with Crippen LogP contribution in [0.15, 0.2) is 48.1 Å². The molecule has 1 N–H and O–H groups in total.